The standard InChI is InChI=1S/C6H6.3CO.Mn/c1-6-4-2-3-5-6;3*1-2;/h4H,2H2,1H3;;;;. The second-order valence-electron chi connectivity index (χ2n) is 1.90. The fraction of sp³-hybridized carbons (Fsp3) is 0.222. The molecule has 2 rings (SSSR count). The van der Waals surface area contributed by atoms with Gasteiger partial charge in [-0.05, 0) is 0 Å². The number of rotatable bonds is 0. The Bertz CT molecular complexity index is 216. The van der Waals surface area contributed by atoms with E-state index >= 15 is 0 Å². The van der Waals surface area contributed by atoms with Crippen LogP contribution in [0.1, 0.15) is 13.3 Å². The summed E-state index contributed by atoms with van der Waals surface area (Å²) in [7, 11) is 0. The smallest absolute Gasteiger partial charge is 0.281 e. The Balaban J connectivity index is 0. The van der Waals surface area contributed by atoms with Crippen molar-refractivity contribution in [2.75, 3.05) is 0 Å². The molecular formula is C9H6MnO3. The van der Waals surface area contributed by atoms with Gasteiger partial charge in [0.1, 0.15) is 0 Å². The van der Waals surface area contributed by atoms with E-state index in [1.54, 1.807) is 14.5 Å². The third-order valence-electron chi connectivity index (χ3n) is 1.34. The quantitative estimate of drug-likeness (QED) is 0.553. The molecule has 4 heteroatoms. The van der Waals surface area contributed by atoms with Crippen LogP contribution in [0, 0.1) is 0 Å². The molecule has 0 unspecified atom stereocenters. The molecule has 0 saturated heterocycles. The van der Waals surface area contributed by atoms with Gasteiger partial charge >= 0.3 is 48.9 Å². The number of carbonyl (C=O) groups excluding carboxylic acids is 3. The summed E-state index contributed by atoms with van der Waals surface area (Å²) in [5.74, 6) is 0. The van der Waals surface area contributed by atoms with Crippen molar-refractivity contribution in [1.29, 1.82) is 0 Å². The van der Waals surface area contributed by atoms with E-state index in [0.29, 0.717) is 0 Å². The van der Waals surface area contributed by atoms with Crippen LogP contribution in [0.25, 0.3) is 0 Å². The SMILES string of the molecule is CC1=CC[C]2=[C]1[Mn]2.[C]=O.[C]=O.[C]=O. The average Bonchev–Trinajstić information content (AvgIpc) is 2.96. The molecular weight excluding hydrogens is 211 g/mol. The fourth-order valence-corrected chi connectivity index (χ4v) is 2.07. The van der Waals surface area contributed by atoms with Crippen molar-refractivity contribution in [3.05, 3.63) is 20.6 Å². The van der Waals surface area contributed by atoms with E-state index in [-0.39, 0.29) is 0 Å². The van der Waals surface area contributed by atoms with E-state index in [0.717, 1.165) is 15.0 Å². The molecule has 0 aromatic heterocycles. The van der Waals surface area contributed by atoms with E-state index < -0.39 is 0 Å². The summed E-state index contributed by atoms with van der Waals surface area (Å²) in [5, 5.41) is 0. The first kappa shape index (κ1) is 14.5. The van der Waals surface area contributed by atoms with Crippen LogP contribution in [0.2, 0.25) is 0 Å². The van der Waals surface area contributed by atoms with Gasteiger partial charge in [-0.3, -0.25) is 14.4 Å². The number of hydrogen-bond donors (Lipinski definition) is 0. The molecule has 1 aliphatic carbocycles. The Hall–Kier alpha value is -0.991. The summed E-state index contributed by atoms with van der Waals surface area (Å²) < 4.78 is 3.41. The Morgan fingerprint density at radius 3 is 1.69 bits per heavy atom. The van der Waals surface area contributed by atoms with Crippen molar-refractivity contribution < 1.29 is 29.3 Å². The summed E-state index contributed by atoms with van der Waals surface area (Å²) in [5.41, 5.74) is 1.55. The zero-order valence-corrected chi connectivity index (χ0v) is 8.07. The Kier molecular flexibility index (Phi) is 10.2. The van der Waals surface area contributed by atoms with E-state index in [2.05, 4.69) is 33.4 Å². The Morgan fingerprint density at radius 1 is 1.15 bits per heavy atom. The summed E-state index contributed by atoms with van der Waals surface area (Å²) in [6.45, 7) is 15.7. The van der Waals surface area contributed by atoms with Crippen LogP contribution >= 0.6 is 0 Å². The summed E-state index contributed by atoms with van der Waals surface area (Å²) >= 11 is 1.10. The first-order chi connectivity index (χ1) is 6.38. The predicted molar refractivity (Wildman–Crippen MR) is 42.5 cm³/mol. The van der Waals surface area contributed by atoms with Crippen molar-refractivity contribution in [2.45, 2.75) is 13.3 Å². The van der Waals surface area contributed by atoms with Crippen molar-refractivity contribution >= 4 is 20.4 Å². The molecule has 13 heavy (non-hydrogen) atoms. The Morgan fingerprint density at radius 2 is 1.62 bits per heavy atom. The van der Waals surface area contributed by atoms with Gasteiger partial charge < -0.3 is 0 Å². The van der Waals surface area contributed by atoms with Crippen LogP contribution in [0.3, 0.4) is 0 Å². The van der Waals surface area contributed by atoms with Gasteiger partial charge in [0.05, 0.1) is 0 Å². The molecule has 1 aliphatic heterocycles. The van der Waals surface area contributed by atoms with Crippen molar-refractivity contribution in [1.82, 2.24) is 0 Å². The van der Waals surface area contributed by atoms with Gasteiger partial charge in [-0.2, -0.15) is 0 Å². The summed E-state index contributed by atoms with van der Waals surface area (Å²) in [6, 6.07) is 0. The van der Waals surface area contributed by atoms with Gasteiger partial charge in [0, 0.05) is 0 Å². The Labute approximate surface area is 84.1 Å². The van der Waals surface area contributed by atoms with Crippen molar-refractivity contribution in [3.63, 3.8) is 0 Å². The van der Waals surface area contributed by atoms with Gasteiger partial charge in [0.25, 0.3) is 20.4 Å². The van der Waals surface area contributed by atoms with Crippen LogP contribution < -0.4 is 0 Å². The normalized spacial score (nSPS) is 14.4. The minimum Gasteiger partial charge on any atom is -0.281 e. The van der Waals surface area contributed by atoms with E-state index in [1.807, 2.05) is 0 Å². The number of allylic oxidation sites excluding steroid dienone is 4. The topological polar surface area (TPSA) is 51.2 Å². The molecule has 0 saturated carbocycles. The van der Waals surface area contributed by atoms with Crippen LogP contribution in [0.4, 0.5) is 0 Å². The van der Waals surface area contributed by atoms with Crippen LogP contribution in [-0.2, 0) is 29.3 Å². The van der Waals surface area contributed by atoms with Gasteiger partial charge in [-0.1, -0.05) is 0 Å². The molecule has 0 amide bonds. The van der Waals surface area contributed by atoms with Gasteiger partial charge in [0.2, 0.25) is 0 Å². The summed E-state index contributed by atoms with van der Waals surface area (Å²) in [4.78, 5) is 22.5. The molecule has 67 valence electrons. The van der Waals surface area contributed by atoms with Crippen LogP contribution in [0.5, 0.6) is 0 Å². The predicted octanol–water partition coefficient (Wildman–Crippen LogP) is 0.453. The molecule has 3 nitrogen and oxygen atoms in total. The minimum atomic E-state index is 1.10. The van der Waals surface area contributed by atoms with Gasteiger partial charge in [0.15, 0.2) is 0 Å². The number of hydrogen-bond acceptors (Lipinski definition) is 3. The van der Waals surface area contributed by atoms with E-state index in [4.69, 9.17) is 14.4 Å². The maximum absolute atomic E-state index is 7.50. The minimum absolute atomic E-state index is 1.10. The molecule has 0 aromatic rings. The van der Waals surface area contributed by atoms with Crippen LogP contribution in [0.15, 0.2) is 20.6 Å². The van der Waals surface area contributed by atoms with Gasteiger partial charge in [-0.15, -0.1) is 0 Å². The van der Waals surface area contributed by atoms with E-state index in [9.17, 15) is 0 Å². The second-order valence-corrected chi connectivity index (χ2v) is 3.50. The molecule has 0 atom stereocenters. The largest absolute Gasteiger partial charge is 0.281 e. The maximum atomic E-state index is 7.50. The molecule has 1 heterocycles. The van der Waals surface area contributed by atoms with Crippen LogP contribution in [-0.4, -0.2) is 20.4 Å². The molecule has 0 N–H and O–H groups in total. The fourth-order valence-electron chi connectivity index (χ4n) is 0.839. The third kappa shape index (κ3) is 4.55. The average molecular weight is 217 g/mol. The van der Waals surface area contributed by atoms with Crippen molar-refractivity contribution in [3.8, 4) is 0 Å². The monoisotopic (exact) mass is 217 g/mol. The first-order valence-electron chi connectivity index (χ1n) is 3.04. The zero-order chi connectivity index (χ0) is 10.9. The second kappa shape index (κ2) is 9.10. The van der Waals surface area contributed by atoms with Gasteiger partial charge in [-0.25, -0.2) is 0 Å². The zero-order valence-electron chi connectivity index (χ0n) is 6.89. The molecule has 2 aliphatic rings. The van der Waals surface area contributed by atoms with E-state index in [1.165, 1.54) is 6.42 Å². The molecule has 6 radical (unpaired) electrons. The first-order valence-corrected chi connectivity index (χ1v) is 4.22. The van der Waals surface area contributed by atoms with Crippen molar-refractivity contribution in [2.24, 2.45) is 0 Å². The molecule has 0 bridgehead atoms. The molecule has 0 spiro atoms. The molecule has 0 fully saturated rings. The third-order valence-corrected chi connectivity index (χ3v) is 3.06. The summed E-state index contributed by atoms with van der Waals surface area (Å²) in [6.07, 6.45) is 3.60. The molecule has 0 aromatic carbocycles. The maximum Gasteiger partial charge on any atom is 0.281 e.